The molecule has 0 radical (unpaired) electrons. The highest BCUT2D eigenvalue weighted by Crippen LogP contribution is 2.32. The maximum atomic E-state index is 12.5. The van der Waals surface area contributed by atoms with Crippen LogP contribution in [0.4, 0.5) is 11.5 Å². The number of amides is 1. The lowest BCUT2D eigenvalue weighted by Gasteiger charge is -2.11. The Labute approximate surface area is 163 Å². The molecule has 142 valence electrons. The van der Waals surface area contributed by atoms with Crippen molar-refractivity contribution in [1.29, 1.82) is 0 Å². The molecule has 1 aliphatic rings. The van der Waals surface area contributed by atoms with Crippen molar-refractivity contribution in [1.82, 2.24) is 4.98 Å². The fourth-order valence-electron chi connectivity index (χ4n) is 2.96. The number of carbonyl (C=O) groups is 1. The number of nitrogens with one attached hydrogen (secondary N) is 2. The van der Waals surface area contributed by atoms with Crippen molar-refractivity contribution in [2.75, 3.05) is 17.4 Å². The minimum atomic E-state index is -0.177. The van der Waals surface area contributed by atoms with Gasteiger partial charge in [0.25, 0.3) is 5.91 Å². The minimum Gasteiger partial charge on any atom is -0.454 e. The van der Waals surface area contributed by atoms with E-state index in [1.54, 1.807) is 18.3 Å². The van der Waals surface area contributed by atoms with Crippen LogP contribution >= 0.6 is 0 Å². The van der Waals surface area contributed by atoms with E-state index in [1.165, 1.54) is 0 Å². The van der Waals surface area contributed by atoms with Gasteiger partial charge in [0.15, 0.2) is 11.5 Å². The third-order valence-electron chi connectivity index (χ3n) is 4.79. The van der Waals surface area contributed by atoms with Crippen LogP contribution in [0.15, 0.2) is 54.7 Å². The lowest BCUT2D eigenvalue weighted by atomic mass is 10.1. The summed E-state index contributed by atoms with van der Waals surface area (Å²) in [5.74, 6) is 2.04. The van der Waals surface area contributed by atoms with E-state index >= 15 is 0 Å². The highest BCUT2D eigenvalue weighted by Gasteiger charge is 2.13. The Morgan fingerprint density at radius 3 is 2.75 bits per heavy atom. The summed E-state index contributed by atoms with van der Waals surface area (Å²) < 4.78 is 10.7. The van der Waals surface area contributed by atoms with Crippen LogP contribution in [0, 0.1) is 13.8 Å². The molecule has 2 aromatic carbocycles. The molecule has 0 bridgehead atoms. The summed E-state index contributed by atoms with van der Waals surface area (Å²) in [6.07, 6.45) is 1.57. The van der Waals surface area contributed by atoms with Crippen LogP contribution in [-0.2, 0) is 6.54 Å². The number of rotatable bonds is 5. The third kappa shape index (κ3) is 3.76. The van der Waals surface area contributed by atoms with Gasteiger partial charge >= 0.3 is 0 Å². The Balaban J connectivity index is 1.38. The zero-order chi connectivity index (χ0) is 19.5. The zero-order valence-corrected chi connectivity index (χ0v) is 15.8. The molecule has 0 saturated heterocycles. The Morgan fingerprint density at radius 2 is 1.93 bits per heavy atom. The first-order chi connectivity index (χ1) is 13.6. The molecule has 1 amide bonds. The van der Waals surface area contributed by atoms with Gasteiger partial charge in [0, 0.05) is 18.4 Å². The van der Waals surface area contributed by atoms with Crippen LogP contribution in [0.5, 0.6) is 11.5 Å². The van der Waals surface area contributed by atoms with E-state index in [9.17, 15) is 4.79 Å². The Kier molecular flexibility index (Phi) is 4.85. The highest BCUT2D eigenvalue weighted by atomic mass is 16.7. The fraction of sp³-hybridized carbons (Fsp3) is 0.182. The fourth-order valence-corrected chi connectivity index (χ4v) is 2.96. The molecule has 0 spiro atoms. The normalized spacial score (nSPS) is 11.9. The van der Waals surface area contributed by atoms with Crippen molar-refractivity contribution >= 4 is 17.4 Å². The van der Waals surface area contributed by atoms with Gasteiger partial charge < -0.3 is 20.1 Å². The van der Waals surface area contributed by atoms with E-state index < -0.39 is 0 Å². The monoisotopic (exact) mass is 375 g/mol. The van der Waals surface area contributed by atoms with Gasteiger partial charge in [0.05, 0.1) is 5.56 Å². The zero-order valence-electron chi connectivity index (χ0n) is 15.8. The molecule has 0 aliphatic carbocycles. The molecule has 2 N–H and O–H groups in total. The number of aromatic nitrogens is 1. The van der Waals surface area contributed by atoms with Crippen molar-refractivity contribution < 1.29 is 14.3 Å². The number of fused-ring (bicyclic) bond motifs is 1. The summed E-state index contributed by atoms with van der Waals surface area (Å²) in [6, 6.07) is 15.2. The van der Waals surface area contributed by atoms with Crippen LogP contribution < -0.4 is 20.1 Å². The summed E-state index contributed by atoms with van der Waals surface area (Å²) in [5, 5.41) is 6.19. The van der Waals surface area contributed by atoms with Gasteiger partial charge in [-0.15, -0.1) is 0 Å². The van der Waals surface area contributed by atoms with Crippen LogP contribution in [-0.4, -0.2) is 17.7 Å². The van der Waals surface area contributed by atoms with E-state index in [0.717, 1.165) is 33.9 Å². The summed E-state index contributed by atoms with van der Waals surface area (Å²) in [5.41, 5.74) is 4.58. The lowest BCUT2D eigenvalue weighted by Crippen LogP contribution is -2.13. The minimum absolute atomic E-state index is 0.177. The molecule has 4 rings (SSSR count). The number of carbonyl (C=O) groups excluding carboxylic acids is 1. The predicted octanol–water partition coefficient (Wildman–Crippen LogP) is 4.29. The van der Waals surface area contributed by atoms with E-state index in [2.05, 4.69) is 15.6 Å². The largest absolute Gasteiger partial charge is 0.454 e. The summed E-state index contributed by atoms with van der Waals surface area (Å²) in [7, 11) is 0. The second-order valence-corrected chi connectivity index (χ2v) is 6.67. The summed E-state index contributed by atoms with van der Waals surface area (Å²) in [4.78, 5) is 16.8. The van der Waals surface area contributed by atoms with E-state index in [0.29, 0.717) is 17.9 Å². The van der Waals surface area contributed by atoms with E-state index in [4.69, 9.17) is 9.47 Å². The third-order valence-corrected chi connectivity index (χ3v) is 4.79. The highest BCUT2D eigenvalue weighted by molar-refractivity contribution is 6.04. The maximum Gasteiger partial charge on any atom is 0.257 e. The van der Waals surface area contributed by atoms with Crippen molar-refractivity contribution in [2.24, 2.45) is 0 Å². The van der Waals surface area contributed by atoms with Gasteiger partial charge in [0.2, 0.25) is 6.79 Å². The molecule has 1 aromatic heterocycles. The van der Waals surface area contributed by atoms with Gasteiger partial charge in [-0.2, -0.15) is 0 Å². The average Bonchev–Trinajstić information content (AvgIpc) is 3.18. The number of hydrogen-bond donors (Lipinski definition) is 2. The Hall–Kier alpha value is -3.54. The number of benzene rings is 2. The van der Waals surface area contributed by atoms with E-state index in [1.807, 2.05) is 50.2 Å². The predicted molar refractivity (Wildman–Crippen MR) is 108 cm³/mol. The molecule has 6 heteroatoms. The second-order valence-electron chi connectivity index (χ2n) is 6.67. The Morgan fingerprint density at radius 1 is 1.07 bits per heavy atom. The molecule has 6 nitrogen and oxygen atoms in total. The van der Waals surface area contributed by atoms with Crippen LogP contribution in [0.2, 0.25) is 0 Å². The first-order valence-corrected chi connectivity index (χ1v) is 9.06. The van der Waals surface area contributed by atoms with Gasteiger partial charge in [0.1, 0.15) is 5.82 Å². The first-order valence-electron chi connectivity index (χ1n) is 9.06. The number of ether oxygens (including phenoxy) is 2. The molecule has 0 fully saturated rings. The number of hydrogen-bond acceptors (Lipinski definition) is 5. The molecule has 0 unspecified atom stereocenters. The standard InChI is InChI=1S/C22H21N3O3/c1-14-4-3-5-18(15(14)2)25-22(26)17-7-9-21(24-12-17)23-11-16-6-8-19-20(10-16)28-13-27-19/h3-10,12H,11,13H2,1-2H3,(H,23,24)(H,25,26). The number of aryl methyl sites for hydroxylation is 1. The van der Waals surface area contributed by atoms with Crippen molar-refractivity contribution in [2.45, 2.75) is 20.4 Å². The quantitative estimate of drug-likeness (QED) is 0.696. The smallest absolute Gasteiger partial charge is 0.257 e. The van der Waals surface area contributed by atoms with Gasteiger partial charge in [-0.25, -0.2) is 4.98 Å². The number of pyridine rings is 1. The van der Waals surface area contributed by atoms with Crippen LogP contribution in [0.25, 0.3) is 0 Å². The first kappa shape index (κ1) is 17.9. The SMILES string of the molecule is Cc1cccc(NC(=O)c2ccc(NCc3ccc4c(c3)OCO4)nc2)c1C. The molecular formula is C22H21N3O3. The van der Waals surface area contributed by atoms with Crippen molar-refractivity contribution in [3.05, 3.63) is 77.0 Å². The molecule has 0 saturated carbocycles. The Bertz CT molecular complexity index is 1020. The van der Waals surface area contributed by atoms with E-state index in [-0.39, 0.29) is 12.7 Å². The second kappa shape index (κ2) is 7.60. The molecule has 0 atom stereocenters. The number of nitrogens with zero attached hydrogens (tertiary/aromatic N) is 1. The summed E-state index contributed by atoms with van der Waals surface area (Å²) in [6.45, 7) is 4.87. The number of anilines is 2. The lowest BCUT2D eigenvalue weighted by molar-refractivity contribution is 0.102. The molecule has 28 heavy (non-hydrogen) atoms. The topological polar surface area (TPSA) is 72.5 Å². The van der Waals surface area contributed by atoms with Gasteiger partial charge in [-0.3, -0.25) is 4.79 Å². The molecular weight excluding hydrogens is 354 g/mol. The molecule has 2 heterocycles. The van der Waals surface area contributed by atoms with Crippen molar-refractivity contribution in [3.63, 3.8) is 0 Å². The van der Waals surface area contributed by atoms with Crippen molar-refractivity contribution in [3.8, 4) is 11.5 Å². The van der Waals surface area contributed by atoms with Crippen LogP contribution in [0.1, 0.15) is 27.0 Å². The molecule has 3 aromatic rings. The van der Waals surface area contributed by atoms with Gasteiger partial charge in [-0.05, 0) is 60.9 Å². The maximum absolute atomic E-state index is 12.5. The van der Waals surface area contributed by atoms with Crippen LogP contribution in [0.3, 0.4) is 0 Å². The molecule has 1 aliphatic heterocycles. The summed E-state index contributed by atoms with van der Waals surface area (Å²) >= 11 is 0. The average molecular weight is 375 g/mol. The van der Waals surface area contributed by atoms with Gasteiger partial charge in [-0.1, -0.05) is 18.2 Å².